The summed E-state index contributed by atoms with van der Waals surface area (Å²) in [7, 11) is 0. The molecular weight excluding hydrogens is 242 g/mol. The van der Waals surface area contributed by atoms with Gasteiger partial charge in [0.2, 0.25) is 0 Å². The van der Waals surface area contributed by atoms with Crippen LogP contribution in [-0.2, 0) is 20.8 Å². The average Bonchev–Trinajstić information content (AvgIpc) is 2.81. The molecule has 0 radical (unpaired) electrons. The number of hydrogen-bond acceptors (Lipinski definition) is 4. The number of nitrogens with zero attached hydrogens (tertiary/aromatic N) is 1. The maximum atomic E-state index is 11.4. The summed E-state index contributed by atoms with van der Waals surface area (Å²) in [5.41, 5.74) is 1.20. The first-order valence-corrected chi connectivity index (χ1v) is 6.68. The first kappa shape index (κ1) is 12.8. The van der Waals surface area contributed by atoms with Gasteiger partial charge >= 0.3 is 0 Å². The summed E-state index contributed by atoms with van der Waals surface area (Å²) in [6.45, 7) is 5.29. The van der Waals surface area contributed by atoms with Crippen molar-refractivity contribution in [3.8, 4) is 0 Å². The fourth-order valence-corrected chi connectivity index (χ4v) is 3.01. The van der Waals surface area contributed by atoms with E-state index >= 15 is 0 Å². The zero-order chi connectivity index (χ0) is 13.5. The molecule has 0 N–H and O–H groups in total. The molecule has 3 atom stereocenters. The Morgan fingerprint density at radius 2 is 2.05 bits per heavy atom. The van der Waals surface area contributed by atoms with E-state index in [-0.39, 0.29) is 18.2 Å². The van der Waals surface area contributed by atoms with Crippen LogP contribution in [0.5, 0.6) is 0 Å². The minimum atomic E-state index is -0.574. The van der Waals surface area contributed by atoms with Crippen LogP contribution < -0.4 is 0 Å². The second kappa shape index (κ2) is 4.71. The van der Waals surface area contributed by atoms with E-state index in [1.165, 1.54) is 5.56 Å². The number of carbonyl (C=O) groups excluding carboxylic acids is 1. The maximum Gasteiger partial charge on any atom is 0.163 e. The second-order valence-electron chi connectivity index (χ2n) is 5.68. The molecule has 4 nitrogen and oxygen atoms in total. The van der Waals surface area contributed by atoms with E-state index in [0.29, 0.717) is 0 Å². The lowest BCUT2D eigenvalue weighted by Gasteiger charge is -2.26. The predicted molar refractivity (Wildman–Crippen MR) is 70.5 cm³/mol. The highest BCUT2D eigenvalue weighted by Crippen LogP contribution is 2.36. The van der Waals surface area contributed by atoms with Crippen molar-refractivity contribution in [3.63, 3.8) is 0 Å². The van der Waals surface area contributed by atoms with Gasteiger partial charge in [-0.05, 0) is 19.4 Å². The first-order valence-electron chi connectivity index (χ1n) is 6.68. The number of likely N-dealkylation sites (tertiary alicyclic amines) is 1. The molecule has 0 aromatic heterocycles. The van der Waals surface area contributed by atoms with Gasteiger partial charge in [0.05, 0.1) is 6.04 Å². The molecule has 2 aliphatic rings. The van der Waals surface area contributed by atoms with Crippen LogP contribution in [0.2, 0.25) is 0 Å². The smallest absolute Gasteiger partial charge is 0.163 e. The Bertz CT molecular complexity index is 460. The van der Waals surface area contributed by atoms with E-state index in [4.69, 9.17) is 9.47 Å². The van der Waals surface area contributed by atoms with Crippen LogP contribution in [0, 0.1) is 0 Å². The zero-order valence-corrected chi connectivity index (χ0v) is 11.3. The highest BCUT2D eigenvalue weighted by atomic mass is 16.8. The van der Waals surface area contributed by atoms with Crippen LogP contribution in [0.4, 0.5) is 0 Å². The molecule has 4 heteroatoms. The Balaban J connectivity index is 1.74. The van der Waals surface area contributed by atoms with E-state index in [2.05, 4.69) is 17.0 Å². The van der Waals surface area contributed by atoms with Crippen molar-refractivity contribution in [1.29, 1.82) is 0 Å². The number of rotatable bonds is 3. The molecule has 1 aromatic carbocycles. The van der Waals surface area contributed by atoms with Gasteiger partial charge in [-0.2, -0.15) is 0 Å². The molecule has 2 fully saturated rings. The van der Waals surface area contributed by atoms with Gasteiger partial charge in [0.25, 0.3) is 0 Å². The number of carbonyl (C=O) groups is 1. The van der Waals surface area contributed by atoms with Crippen LogP contribution in [0.3, 0.4) is 0 Å². The van der Waals surface area contributed by atoms with Crippen molar-refractivity contribution < 1.29 is 14.3 Å². The van der Waals surface area contributed by atoms with Crippen molar-refractivity contribution in [1.82, 2.24) is 4.90 Å². The lowest BCUT2D eigenvalue weighted by Crippen LogP contribution is -2.39. The van der Waals surface area contributed by atoms with Gasteiger partial charge in [-0.1, -0.05) is 30.3 Å². The lowest BCUT2D eigenvalue weighted by atomic mass is 10.1. The van der Waals surface area contributed by atoms with E-state index in [0.717, 1.165) is 19.4 Å². The molecule has 19 heavy (non-hydrogen) atoms. The molecule has 3 rings (SSSR count). The van der Waals surface area contributed by atoms with Crippen molar-refractivity contribution in [2.45, 2.75) is 44.4 Å². The largest absolute Gasteiger partial charge is 0.343 e. The summed E-state index contributed by atoms with van der Waals surface area (Å²) in [4.78, 5) is 13.5. The predicted octanol–water partition coefficient (Wildman–Crippen LogP) is 1.59. The number of ether oxygens (including phenoxy) is 2. The Morgan fingerprint density at radius 1 is 1.32 bits per heavy atom. The summed E-state index contributed by atoms with van der Waals surface area (Å²) >= 11 is 0. The summed E-state index contributed by atoms with van der Waals surface area (Å²) in [5.74, 6) is -0.574. The van der Waals surface area contributed by atoms with Gasteiger partial charge < -0.3 is 14.3 Å². The average molecular weight is 261 g/mol. The van der Waals surface area contributed by atoms with Crippen molar-refractivity contribution in [2.75, 3.05) is 6.54 Å². The van der Waals surface area contributed by atoms with E-state index in [1.54, 1.807) is 0 Å². The molecule has 0 bridgehead atoms. The molecule has 0 aliphatic carbocycles. The molecular formula is C15H19NO3. The van der Waals surface area contributed by atoms with Gasteiger partial charge in [-0.25, -0.2) is 0 Å². The monoisotopic (exact) mass is 261 g/mol. The Hall–Kier alpha value is -1.23. The normalized spacial score (nSPS) is 33.3. The third-order valence-electron chi connectivity index (χ3n) is 3.76. The fraction of sp³-hybridized carbons (Fsp3) is 0.533. The molecule has 0 saturated carbocycles. The molecule has 2 aliphatic heterocycles. The first-order chi connectivity index (χ1) is 9.09. The van der Waals surface area contributed by atoms with Crippen LogP contribution in [0.15, 0.2) is 30.3 Å². The van der Waals surface area contributed by atoms with Crippen LogP contribution in [0.1, 0.15) is 19.4 Å². The van der Waals surface area contributed by atoms with Gasteiger partial charge in [-0.15, -0.1) is 0 Å². The van der Waals surface area contributed by atoms with E-state index in [9.17, 15) is 4.79 Å². The van der Waals surface area contributed by atoms with Crippen molar-refractivity contribution >= 4 is 6.29 Å². The summed E-state index contributed by atoms with van der Waals surface area (Å²) in [6.07, 6.45) is 0.836. The summed E-state index contributed by atoms with van der Waals surface area (Å²) in [5, 5.41) is 0. The van der Waals surface area contributed by atoms with Gasteiger partial charge in [-0.3, -0.25) is 4.90 Å². The third-order valence-corrected chi connectivity index (χ3v) is 3.76. The maximum absolute atomic E-state index is 11.4. The van der Waals surface area contributed by atoms with Gasteiger partial charge in [0, 0.05) is 13.1 Å². The number of benzene rings is 1. The van der Waals surface area contributed by atoms with Crippen molar-refractivity contribution in [2.24, 2.45) is 0 Å². The highest BCUT2D eigenvalue weighted by Gasteiger charge is 2.52. The standard InChI is InChI=1S/C15H19NO3/c1-15(2)18-13-9-16(12(10-17)14(13)19-15)8-11-6-4-3-5-7-11/h3-7,10,12-14H,8-9H2,1-2H3/t12-,13+,14-/m1/s1. The fourth-order valence-electron chi connectivity index (χ4n) is 3.01. The molecule has 102 valence electrons. The lowest BCUT2D eigenvalue weighted by molar-refractivity contribution is -0.162. The van der Waals surface area contributed by atoms with Crippen LogP contribution in [-0.4, -0.2) is 41.8 Å². The number of hydrogen-bond donors (Lipinski definition) is 0. The molecule has 0 amide bonds. The van der Waals surface area contributed by atoms with Gasteiger partial charge in [0.1, 0.15) is 18.5 Å². The topological polar surface area (TPSA) is 38.8 Å². The molecule has 2 saturated heterocycles. The summed E-state index contributed by atoms with van der Waals surface area (Å²) < 4.78 is 11.7. The van der Waals surface area contributed by atoms with Gasteiger partial charge in [0.15, 0.2) is 5.79 Å². The van der Waals surface area contributed by atoms with Crippen LogP contribution >= 0.6 is 0 Å². The zero-order valence-electron chi connectivity index (χ0n) is 11.3. The van der Waals surface area contributed by atoms with E-state index < -0.39 is 5.79 Å². The minimum absolute atomic E-state index is 0.00564. The Kier molecular flexibility index (Phi) is 3.17. The van der Waals surface area contributed by atoms with Crippen LogP contribution in [0.25, 0.3) is 0 Å². The Morgan fingerprint density at radius 3 is 2.74 bits per heavy atom. The second-order valence-corrected chi connectivity index (χ2v) is 5.68. The van der Waals surface area contributed by atoms with E-state index in [1.807, 2.05) is 32.0 Å². The number of fused-ring (bicyclic) bond motifs is 1. The SMILES string of the molecule is CC1(C)O[C@H]2[C@H](CN(Cc3ccccc3)[C@@H]2C=O)O1. The molecule has 0 spiro atoms. The Labute approximate surface area is 113 Å². The summed E-state index contributed by atoms with van der Waals surface area (Å²) in [6, 6.07) is 9.94. The minimum Gasteiger partial charge on any atom is -0.343 e. The van der Waals surface area contributed by atoms with Crippen molar-refractivity contribution in [3.05, 3.63) is 35.9 Å². The molecule has 1 aromatic rings. The molecule has 0 unspecified atom stereocenters. The quantitative estimate of drug-likeness (QED) is 0.775. The highest BCUT2D eigenvalue weighted by molar-refractivity contribution is 5.60. The third kappa shape index (κ3) is 2.43. The number of aldehydes is 1. The molecule has 2 heterocycles.